The van der Waals surface area contributed by atoms with Crippen molar-refractivity contribution in [1.82, 2.24) is 14.1 Å². The summed E-state index contributed by atoms with van der Waals surface area (Å²) in [6, 6.07) is 17.5. The Labute approximate surface area is 141 Å². The van der Waals surface area contributed by atoms with Gasteiger partial charge in [-0.2, -0.15) is 9.40 Å². The van der Waals surface area contributed by atoms with Crippen LogP contribution in [0, 0.1) is 0 Å². The molecule has 0 aliphatic carbocycles. The van der Waals surface area contributed by atoms with Gasteiger partial charge in [0.05, 0.1) is 18.1 Å². The van der Waals surface area contributed by atoms with Crippen molar-refractivity contribution in [3.05, 3.63) is 78.1 Å². The van der Waals surface area contributed by atoms with Gasteiger partial charge in [-0.3, -0.25) is 0 Å². The van der Waals surface area contributed by atoms with Gasteiger partial charge in [0.15, 0.2) is 0 Å². The van der Waals surface area contributed by atoms with Crippen LogP contribution < -0.4 is 0 Å². The highest BCUT2D eigenvalue weighted by molar-refractivity contribution is 7.89. The fourth-order valence-corrected chi connectivity index (χ4v) is 4.34. The average molecular weight is 339 g/mol. The summed E-state index contributed by atoms with van der Waals surface area (Å²) in [6.45, 7) is 0.908. The molecule has 1 aromatic heterocycles. The van der Waals surface area contributed by atoms with Crippen molar-refractivity contribution in [3.63, 3.8) is 0 Å². The van der Waals surface area contributed by atoms with Crippen molar-refractivity contribution in [2.75, 3.05) is 6.54 Å². The molecule has 5 nitrogen and oxygen atoms in total. The normalized spacial score (nSPS) is 15.2. The summed E-state index contributed by atoms with van der Waals surface area (Å²) in [5, 5.41) is 4.20. The minimum absolute atomic E-state index is 0.228. The lowest BCUT2D eigenvalue weighted by atomic mass is 10.0. The third-order valence-corrected chi connectivity index (χ3v) is 6.11. The molecule has 3 aromatic rings. The van der Waals surface area contributed by atoms with Crippen LogP contribution in [0.2, 0.25) is 0 Å². The molecule has 2 heterocycles. The zero-order chi connectivity index (χ0) is 16.6. The predicted molar refractivity (Wildman–Crippen MR) is 91.3 cm³/mol. The summed E-state index contributed by atoms with van der Waals surface area (Å²) in [5.74, 6) is 0. The van der Waals surface area contributed by atoms with Crippen molar-refractivity contribution in [2.45, 2.75) is 17.9 Å². The summed E-state index contributed by atoms with van der Waals surface area (Å²) in [4.78, 5) is 0.228. The van der Waals surface area contributed by atoms with E-state index in [4.69, 9.17) is 0 Å². The van der Waals surface area contributed by atoms with Crippen molar-refractivity contribution in [3.8, 4) is 5.69 Å². The summed E-state index contributed by atoms with van der Waals surface area (Å²) in [5.41, 5.74) is 3.13. The SMILES string of the molecule is O=S(=O)(c1cnn(-c2ccccc2)c1)N1CCc2ccccc2C1. The first-order valence-electron chi connectivity index (χ1n) is 7.81. The molecule has 4 rings (SSSR count). The van der Waals surface area contributed by atoms with Crippen LogP contribution in [0.3, 0.4) is 0 Å². The maximum absolute atomic E-state index is 12.9. The molecule has 0 amide bonds. The molecule has 1 aliphatic heterocycles. The summed E-state index contributed by atoms with van der Waals surface area (Å²) < 4.78 is 28.9. The third kappa shape index (κ3) is 2.64. The van der Waals surface area contributed by atoms with E-state index in [1.165, 1.54) is 16.1 Å². The summed E-state index contributed by atoms with van der Waals surface area (Å²) in [7, 11) is -3.54. The lowest BCUT2D eigenvalue weighted by Crippen LogP contribution is -2.35. The van der Waals surface area contributed by atoms with Gasteiger partial charge in [0.2, 0.25) is 10.0 Å². The molecule has 6 heteroatoms. The van der Waals surface area contributed by atoms with Crippen LogP contribution in [-0.4, -0.2) is 29.0 Å². The largest absolute Gasteiger partial charge is 0.246 e. The van der Waals surface area contributed by atoms with Gasteiger partial charge in [-0.25, -0.2) is 13.1 Å². The van der Waals surface area contributed by atoms with E-state index in [-0.39, 0.29) is 4.90 Å². The van der Waals surface area contributed by atoms with Crippen LogP contribution in [0.25, 0.3) is 5.69 Å². The quantitative estimate of drug-likeness (QED) is 0.737. The number of benzene rings is 2. The van der Waals surface area contributed by atoms with E-state index in [1.54, 1.807) is 10.9 Å². The Kier molecular flexibility index (Phi) is 3.70. The number of rotatable bonds is 3. The van der Waals surface area contributed by atoms with E-state index in [0.717, 1.165) is 17.7 Å². The Morgan fingerprint density at radius 1 is 0.917 bits per heavy atom. The molecular formula is C18H17N3O2S. The molecule has 122 valence electrons. The van der Waals surface area contributed by atoms with Crippen molar-refractivity contribution >= 4 is 10.0 Å². The first-order valence-corrected chi connectivity index (χ1v) is 9.26. The Hall–Kier alpha value is -2.44. The lowest BCUT2D eigenvalue weighted by Gasteiger charge is -2.27. The van der Waals surface area contributed by atoms with Gasteiger partial charge in [0.25, 0.3) is 0 Å². The standard InChI is InChI=1S/C18H17N3O2S/c22-24(23,20-11-10-15-6-4-5-7-16(15)13-20)18-12-19-21(14-18)17-8-2-1-3-9-17/h1-9,12,14H,10-11,13H2. The molecule has 0 saturated carbocycles. The van der Waals surface area contributed by atoms with Gasteiger partial charge < -0.3 is 0 Å². The van der Waals surface area contributed by atoms with Gasteiger partial charge in [0, 0.05) is 13.1 Å². The third-order valence-electron chi connectivity index (χ3n) is 4.31. The Morgan fingerprint density at radius 3 is 2.42 bits per heavy atom. The van der Waals surface area contributed by atoms with Crippen LogP contribution in [0.1, 0.15) is 11.1 Å². The number of fused-ring (bicyclic) bond motifs is 1. The van der Waals surface area contributed by atoms with Gasteiger partial charge in [-0.15, -0.1) is 0 Å². The smallest absolute Gasteiger partial charge is 0.240 e. The molecule has 0 saturated heterocycles. The predicted octanol–water partition coefficient (Wildman–Crippen LogP) is 2.62. The number of hydrogen-bond acceptors (Lipinski definition) is 3. The fraction of sp³-hybridized carbons (Fsp3) is 0.167. The summed E-state index contributed by atoms with van der Waals surface area (Å²) >= 11 is 0. The Bertz CT molecular complexity index is 965. The van der Waals surface area contributed by atoms with Crippen LogP contribution in [0.5, 0.6) is 0 Å². The van der Waals surface area contributed by atoms with Gasteiger partial charge in [-0.1, -0.05) is 42.5 Å². The molecule has 24 heavy (non-hydrogen) atoms. The number of sulfonamides is 1. The highest BCUT2D eigenvalue weighted by Gasteiger charge is 2.29. The van der Waals surface area contributed by atoms with Crippen molar-refractivity contribution in [1.29, 1.82) is 0 Å². The second-order valence-corrected chi connectivity index (χ2v) is 7.75. The first kappa shape index (κ1) is 15.1. The maximum atomic E-state index is 12.9. The van der Waals surface area contributed by atoms with E-state index >= 15 is 0 Å². The molecule has 0 fully saturated rings. The summed E-state index contributed by atoms with van der Waals surface area (Å²) in [6.07, 6.45) is 3.73. The Balaban J connectivity index is 1.63. The number of para-hydroxylation sites is 1. The number of aromatic nitrogens is 2. The zero-order valence-electron chi connectivity index (χ0n) is 13.0. The van der Waals surface area contributed by atoms with E-state index in [9.17, 15) is 8.42 Å². The van der Waals surface area contributed by atoms with Crippen LogP contribution in [-0.2, 0) is 23.0 Å². The highest BCUT2D eigenvalue weighted by atomic mass is 32.2. The average Bonchev–Trinajstić information content (AvgIpc) is 3.13. The van der Waals surface area contributed by atoms with Crippen LogP contribution in [0.4, 0.5) is 0 Å². The van der Waals surface area contributed by atoms with Crippen molar-refractivity contribution < 1.29 is 8.42 Å². The lowest BCUT2D eigenvalue weighted by molar-refractivity contribution is 0.391. The monoisotopic (exact) mass is 339 g/mol. The second-order valence-electron chi connectivity index (χ2n) is 5.81. The maximum Gasteiger partial charge on any atom is 0.246 e. The molecule has 0 spiro atoms. The second kappa shape index (κ2) is 5.89. The molecule has 0 bridgehead atoms. The van der Waals surface area contributed by atoms with E-state index in [0.29, 0.717) is 13.1 Å². The van der Waals surface area contributed by atoms with Gasteiger partial charge >= 0.3 is 0 Å². The van der Waals surface area contributed by atoms with Crippen LogP contribution >= 0.6 is 0 Å². The van der Waals surface area contributed by atoms with E-state index in [2.05, 4.69) is 11.2 Å². The van der Waals surface area contributed by atoms with Gasteiger partial charge in [0.1, 0.15) is 4.90 Å². The number of hydrogen-bond donors (Lipinski definition) is 0. The van der Waals surface area contributed by atoms with Crippen molar-refractivity contribution in [2.24, 2.45) is 0 Å². The Morgan fingerprint density at radius 2 is 1.62 bits per heavy atom. The minimum atomic E-state index is -3.54. The molecular weight excluding hydrogens is 322 g/mol. The minimum Gasteiger partial charge on any atom is -0.240 e. The topological polar surface area (TPSA) is 55.2 Å². The molecule has 0 radical (unpaired) electrons. The highest BCUT2D eigenvalue weighted by Crippen LogP contribution is 2.25. The fourth-order valence-electron chi connectivity index (χ4n) is 2.99. The van der Waals surface area contributed by atoms with E-state index in [1.807, 2.05) is 48.5 Å². The van der Waals surface area contributed by atoms with Crippen LogP contribution in [0.15, 0.2) is 71.9 Å². The molecule has 1 aliphatic rings. The molecule has 0 atom stereocenters. The van der Waals surface area contributed by atoms with Gasteiger partial charge in [-0.05, 0) is 29.7 Å². The number of nitrogens with zero attached hydrogens (tertiary/aromatic N) is 3. The zero-order valence-corrected chi connectivity index (χ0v) is 13.9. The molecule has 2 aromatic carbocycles. The molecule has 0 unspecified atom stereocenters. The molecule has 0 N–H and O–H groups in total. The first-order chi connectivity index (χ1) is 11.6. The van der Waals surface area contributed by atoms with E-state index < -0.39 is 10.0 Å².